The van der Waals surface area contributed by atoms with E-state index < -0.39 is 12.1 Å². The zero-order chi connectivity index (χ0) is 26.1. The zero-order valence-electron chi connectivity index (χ0n) is 19.2. The van der Waals surface area contributed by atoms with Gasteiger partial charge in [-0.3, -0.25) is 10.3 Å². The summed E-state index contributed by atoms with van der Waals surface area (Å²) in [6, 6.07) is 17.0. The van der Waals surface area contributed by atoms with Gasteiger partial charge >= 0.3 is 18.2 Å². The summed E-state index contributed by atoms with van der Waals surface area (Å²) >= 11 is 0. The van der Waals surface area contributed by atoms with Crippen LogP contribution in [0.2, 0.25) is 0 Å². The molecule has 2 amide bonds. The van der Waals surface area contributed by atoms with E-state index in [4.69, 9.17) is 14.6 Å². The first kappa shape index (κ1) is 26.3. The van der Waals surface area contributed by atoms with E-state index in [-0.39, 0.29) is 12.1 Å². The van der Waals surface area contributed by atoms with Crippen LogP contribution in [0.1, 0.15) is 6.42 Å². The summed E-state index contributed by atoms with van der Waals surface area (Å²) in [6.45, 7) is 1.71. The molecule has 1 atom stereocenters. The Labute approximate surface area is 205 Å². The highest BCUT2D eigenvalue weighted by Gasteiger charge is 2.38. The highest BCUT2D eigenvalue weighted by molar-refractivity contribution is 5.88. The first-order valence-corrected chi connectivity index (χ1v) is 10.8. The van der Waals surface area contributed by atoms with Gasteiger partial charge < -0.3 is 19.6 Å². The van der Waals surface area contributed by atoms with Gasteiger partial charge in [0.05, 0.1) is 12.2 Å². The summed E-state index contributed by atoms with van der Waals surface area (Å²) in [5, 5.41) is 9.98. The van der Waals surface area contributed by atoms with Crippen molar-refractivity contribution in [1.29, 1.82) is 0 Å². The standard InChI is InChI=1S/C22H23N5O2.C2HF3O2/c1-26(18-11-14-27(16-18)17-9-12-23-13-10-17)22(28)25-21-8-7-20(15-24-21)29-19-5-3-2-4-6-19;3-2(4,5)1(6)7/h2-10,12-13,15,18H,11,14,16H2,1H3,(H,24,25,28);(H,6,7). The van der Waals surface area contributed by atoms with Crippen molar-refractivity contribution in [2.75, 3.05) is 30.4 Å². The number of carboxylic acid groups (broad SMARTS) is 1. The van der Waals surface area contributed by atoms with Crippen molar-refractivity contribution < 1.29 is 32.6 Å². The highest BCUT2D eigenvalue weighted by Crippen LogP contribution is 2.23. The van der Waals surface area contributed by atoms with Crippen LogP contribution >= 0.6 is 0 Å². The van der Waals surface area contributed by atoms with Gasteiger partial charge in [-0.05, 0) is 42.8 Å². The van der Waals surface area contributed by atoms with E-state index in [0.29, 0.717) is 11.6 Å². The quantitative estimate of drug-likeness (QED) is 0.522. The Kier molecular flexibility index (Phi) is 8.66. The van der Waals surface area contributed by atoms with E-state index in [1.807, 2.05) is 49.5 Å². The molecule has 190 valence electrons. The Bertz CT molecular complexity index is 1130. The van der Waals surface area contributed by atoms with Gasteiger partial charge in [0, 0.05) is 38.2 Å². The molecule has 0 aliphatic carbocycles. The molecule has 0 saturated carbocycles. The minimum atomic E-state index is -5.08. The average molecular weight is 503 g/mol. The minimum Gasteiger partial charge on any atom is -0.475 e. The second-order valence-corrected chi connectivity index (χ2v) is 7.73. The molecule has 1 saturated heterocycles. The van der Waals surface area contributed by atoms with Crippen LogP contribution in [-0.4, -0.2) is 64.3 Å². The number of pyridine rings is 2. The molecule has 1 aromatic carbocycles. The summed E-state index contributed by atoms with van der Waals surface area (Å²) in [4.78, 5) is 33.9. The van der Waals surface area contributed by atoms with Crippen LogP contribution < -0.4 is 15.0 Å². The fourth-order valence-electron chi connectivity index (χ4n) is 3.35. The molecular formula is C24H24F3N5O4. The molecular weight excluding hydrogens is 479 g/mol. The molecule has 0 spiro atoms. The number of ether oxygens (including phenoxy) is 1. The smallest absolute Gasteiger partial charge is 0.475 e. The van der Waals surface area contributed by atoms with Crippen molar-refractivity contribution in [2.24, 2.45) is 0 Å². The molecule has 12 heteroatoms. The topological polar surface area (TPSA) is 108 Å². The van der Waals surface area contributed by atoms with Crippen LogP contribution in [0, 0.1) is 0 Å². The van der Waals surface area contributed by atoms with E-state index >= 15 is 0 Å². The number of carboxylic acids is 1. The fourth-order valence-corrected chi connectivity index (χ4v) is 3.35. The fraction of sp³-hybridized carbons (Fsp3) is 0.250. The first-order valence-electron chi connectivity index (χ1n) is 10.8. The number of carbonyl (C=O) groups excluding carboxylic acids is 1. The lowest BCUT2D eigenvalue weighted by Crippen LogP contribution is -2.41. The van der Waals surface area contributed by atoms with Crippen LogP contribution in [0.4, 0.5) is 29.5 Å². The number of rotatable bonds is 5. The van der Waals surface area contributed by atoms with Crippen LogP contribution in [0.15, 0.2) is 73.2 Å². The van der Waals surface area contributed by atoms with Crippen LogP contribution in [0.25, 0.3) is 0 Å². The molecule has 36 heavy (non-hydrogen) atoms. The van der Waals surface area contributed by atoms with Crippen molar-refractivity contribution in [3.05, 3.63) is 73.2 Å². The third-order valence-corrected chi connectivity index (χ3v) is 5.25. The Hall–Kier alpha value is -4.35. The van der Waals surface area contributed by atoms with Gasteiger partial charge in [-0.15, -0.1) is 0 Å². The third-order valence-electron chi connectivity index (χ3n) is 5.25. The number of halogens is 3. The molecule has 1 fully saturated rings. The highest BCUT2D eigenvalue weighted by atomic mass is 19.4. The molecule has 2 N–H and O–H groups in total. The number of amides is 2. The molecule has 1 unspecified atom stereocenters. The van der Waals surface area contributed by atoms with E-state index in [1.54, 1.807) is 35.6 Å². The molecule has 1 aliphatic heterocycles. The van der Waals surface area contributed by atoms with Gasteiger partial charge in [0.1, 0.15) is 17.3 Å². The van der Waals surface area contributed by atoms with E-state index in [0.717, 1.165) is 30.9 Å². The number of anilines is 2. The molecule has 3 aromatic rings. The minimum absolute atomic E-state index is 0.142. The monoisotopic (exact) mass is 503 g/mol. The lowest BCUT2D eigenvalue weighted by atomic mass is 10.2. The Morgan fingerprint density at radius 2 is 1.75 bits per heavy atom. The maximum absolute atomic E-state index is 12.6. The maximum atomic E-state index is 12.6. The van der Waals surface area contributed by atoms with Gasteiger partial charge in [-0.1, -0.05) is 18.2 Å². The number of hydrogen-bond acceptors (Lipinski definition) is 6. The lowest BCUT2D eigenvalue weighted by molar-refractivity contribution is -0.192. The van der Waals surface area contributed by atoms with Gasteiger partial charge in [0.15, 0.2) is 0 Å². The SMILES string of the molecule is CN(C(=O)Nc1ccc(Oc2ccccc2)cn1)C1CCN(c2ccncc2)C1.O=C(O)C(F)(F)F. The number of carbonyl (C=O) groups is 2. The van der Waals surface area contributed by atoms with Gasteiger partial charge in [-0.2, -0.15) is 13.2 Å². The van der Waals surface area contributed by atoms with Crippen molar-refractivity contribution in [3.63, 3.8) is 0 Å². The summed E-state index contributed by atoms with van der Waals surface area (Å²) < 4.78 is 37.5. The van der Waals surface area contributed by atoms with Crippen molar-refractivity contribution in [1.82, 2.24) is 14.9 Å². The summed E-state index contributed by atoms with van der Waals surface area (Å²) in [5.41, 5.74) is 1.13. The largest absolute Gasteiger partial charge is 0.490 e. The molecule has 9 nitrogen and oxygen atoms in total. The number of urea groups is 1. The number of aliphatic carboxylic acids is 1. The number of hydrogen-bond donors (Lipinski definition) is 2. The number of nitrogens with one attached hydrogen (secondary N) is 1. The lowest BCUT2D eigenvalue weighted by Gasteiger charge is -2.25. The maximum Gasteiger partial charge on any atom is 0.490 e. The van der Waals surface area contributed by atoms with Crippen LogP contribution in [-0.2, 0) is 4.79 Å². The van der Waals surface area contributed by atoms with Crippen LogP contribution in [0.3, 0.4) is 0 Å². The molecule has 3 heterocycles. The second kappa shape index (κ2) is 11.9. The molecule has 4 rings (SSSR count). The first-order chi connectivity index (χ1) is 17.1. The summed E-state index contributed by atoms with van der Waals surface area (Å²) in [6.07, 6.45) is 1.01. The van der Waals surface area contributed by atoms with Gasteiger partial charge in [0.2, 0.25) is 0 Å². The normalized spacial score (nSPS) is 14.9. The zero-order valence-corrected chi connectivity index (χ0v) is 19.2. The predicted octanol–water partition coefficient (Wildman–Crippen LogP) is 4.64. The van der Waals surface area contributed by atoms with E-state index in [2.05, 4.69) is 20.2 Å². The predicted molar refractivity (Wildman–Crippen MR) is 126 cm³/mol. The van der Waals surface area contributed by atoms with E-state index in [9.17, 15) is 18.0 Å². The van der Waals surface area contributed by atoms with Crippen LogP contribution in [0.5, 0.6) is 11.5 Å². The molecule has 1 aliphatic rings. The number of benzene rings is 1. The number of alkyl halides is 3. The summed E-state index contributed by atoms with van der Waals surface area (Å²) in [7, 11) is 1.82. The van der Waals surface area contributed by atoms with E-state index in [1.165, 1.54) is 0 Å². The molecule has 2 aromatic heterocycles. The van der Waals surface area contributed by atoms with Crippen molar-refractivity contribution >= 4 is 23.5 Å². The summed E-state index contributed by atoms with van der Waals surface area (Å²) in [5.74, 6) is -0.907. The van der Waals surface area contributed by atoms with Crippen molar-refractivity contribution in [2.45, 2.75) is 18.6 Å². The van der Waals surface area contributed by atoms with Crippen molar-refractivity contribution in [3.8, 4) is 11.5 Å². The third kappa shape index (κ3) is 7.58. The van der Waals surface area contributed by atoms with Gasteiger partial charge in [-0.25, -0.2) is 14.6 Å². The molecule has 0 bridgehead atoms. The number of aromatic nitrogens is 2. The molecule has 0 radical (unpaired) electrons. The Balaban J connectivity index is 0.000000454. The Morgan fingerprint density at radius 1 is 1.08 bits per heavy atom. The van der Waals surface area contributed by atoms with Gasteiger partial charge in [0.25, 0.3) is 0 Å². The second-order valence-electron chi connectivity index (χ2n) is 7.73. The average Bonchev–Trinajstić information content (AvgIpc) is 3.36. The number of para-hydroxylation sites is 1. The Morgan fingerprint density at radius 3 is 2.33 bits per heavy atom. The number of nitrogens with zero attached hydrogens (tertiary/aromatic N) is 4. The number of likely N-dealkylation sites (N-methyl/N-ethyl adjacent to an activating group) is 1.